The van der Waals surface area contributed by atoms with Crippen molar-refractivity contribution in [3.05, 3.63) is 12.2 Å². The van der Waals surface area contributed by atoms with Crippen molar-refractivity contribution < 1.29 is 0 Å². The Balaban J connectivity index is 2.25. The summed E-state index contributed by atoms with van der Waals surface area (Å²) in [4.78, 5) is 4.81. The van der Waals surface area contributed by atoms with Crippen molar-refractivity contribution in [2.75, 3.05) is 39.5 Å². The average molecular weight is 214 g/mol. The summed E-state index contributed by atoms with van der Waals surface area (Å²) in [6.45, 7) is 7.37. The van der Waals surface area contributed by atoms with Gasteiger partial charge in [-0.1, -0.05) is 12.2 Å². The molecule has 1 aliphatic heterocycles. The molecule has 1 aliphatic rings. The lowest BCUT2D eigenvalue weighted by Gasteiger charge is -2.26. The van der Waals surface area contributed by atoms with Crippen LogP contribution < -0.4 is 0 Å². The van der Waals surface area contributed by atoms with Crippen LogP contribution in [-0.2, 0) is 0 Å². The zero-order valence-corrected chi connectivity index (χ0v) is 10.3. The molecule has 14 heavy (non-hydrogen) atoms. The number of nitrogens with zero attached hydrogens (tertiary/aromatic N) is 2. The second kappa shape index (κ2) is 5.79. The van der Waals surface area contributed by atoms with Crippen molar-refractivity contribution in [2.24, 2.45) is 0 Å². The Morgan fingerprint density at radius 2 is 2.36 bits per heavy atom. The van der Waals surface area contributed by atoms with Crippen molar-refractivity contribution >= 4 is 12.6 Å². The Hall–Kier alpha value is 0.01000. The van der Waals surface area contributed by atoms with Crippen LogP contribution in [0.4, 0.5) is 0 Å². The Bertz CT molecular complexity index is 194. The van der Waals surface area contributed by atoms with Gasteiger partial charge in [0.15, 0.2) is 0 Å². The van der Waals surface area contributed by atoms with Gasteiger partial charge in [-0.2, -0.15) is 12.6 Å². The van der Waals surface area contributed by atoms with E-state index in [1.54, 1.807) is 0 Å². The molecule has 1 saturated heterocycles. The van der Waals surface area contributed by atoms with E-state index < -0.39 is 0 Å². The molecule has 0 radical (unpaired) electrons. The summed E-state index contributed by atoms with van der Waals surface area (Å²) in [6.07, 6.45) is 2.69. The number of hydrogen-bond acceptors (Lipinski definition) is 3. The summed E-state index contributed by atoms with van der Waals surface area (Å²) in [5.74, 6) is 0.796. The maximum Gasteiger partial charge on any atom is 0.0220 e. The van der Waals surface area contributed by atoms with Gasteiger partial charge in [0, 0.05) is 24.9 Å². The van der Waals surface area contributed by atoms with E-state index in [1.807, 2.05) is 0 Å². The second-order valence-corrected chi connectivity index (χ2v) is 4.70. The highest BCUT2D eigenvalue weighted by Gasteiger charge is 2.21. The molecule has 0 aromatic carbocycles. The molecule has 1 unspecified atom stereocenters. The third kappa shape index (κ3) is 3.64. The summed E-state index contributed by atoms with van der Waals surface area (Å²) in [5, 5.41) is 0. The molecule has 0 spiro atoms. The molecule has 0 aromatic heterocycles. The molecule has 1 fully saturated rings. The molecule has 0 bridgehead atoms. The molecule has 1 atom stereocenters. The van der Waals surface area contributed by atoms with E-state index in [4.69, 9.17) is 0 Å². The number of likely N-dealkylation sites (N-methyl/N-ethyl adjacent to an activating group) is 2. The fraction of sp³-hybridized carbons (Fsp3) is 0.818. The molecule has 1 heterocycles. The predicted molar refractivity (Wildman–Crippen MR) is 66.1 cm³/mol. The first-order valence-electron chi connectivity index (χ1n) is 5.29. The minimum absolute atomic E-state index is 0.743. The number of rotatable bonds is 5. The zero-order valence-electron chi connectivity index (χ0n) is 9.37. The van der Waals surface area contributed by atoms with Crippen molar-refractivity contribution in [2.45, 2.75) is 18.9 Å². The SMILES string of the molecule is C=C(CS)CN(C)CC1CCCN1C. The van der Waals surface area contributed by atoms with Gasteiger partial charge >= 0.3 is 0 Å². The van der Waals surface area contributed by atoms with Crippen LogP contribution in [0.15, 0.2) is 12.2 Å². The van der Waals surface area contributed by atoms with Gasteiger partial charge < -0.3 is 9.80 Å². The number of likely N-dealkylation sites (tertiary alicyclic amines) is 1. The summed E-state index contributed by atoms with van der Waals surface area (Å²) in [7, 11) is 4.39. The van der Waals surface area contributed by atoms with Gasteiger partial charge in [0.1, 0.15) is 0 Å². The van der Waals surface area contributed by atoms with E-state index >= 15 is 0 Å². The number of hydrogen-bond donors (Lipinski definition) is 1. The van der Waals surface area contributed by atoms with Gasteiger partial charge in [0.05, 0.1) is 0 Å². The van der Waals surface area contributed by atoms with Crippen molar-refractivity contribution in [3.63, 3.8) is 0 Å². The maximum atomic E-state index is 4.22. The normalized spacial score (nSPS) is 23.3. The van der Waals surface area contributed by atoms with Gasteiger partial charge in [-0.25, -0.2) is 0 Å². The third-order valence-electron chi connectivity index (χ3n) is 2.91. The third-order valence-corrected chi connectivity index (χ3v) is 3.36. The molecule has 0 aromatic rings. The minimum Gasteiger partial charge on any atom is -0.302 e. The molecule has 1 rings (SSSR count). The van der Waals surface area contributed by atoms with Crippen molar-refractivity contribution in [3.8, 4) is 0 Å². The lowest BCUT2D eigenvalue weighted by Crippen LogP contribution is -2.37. The van der Waals surface area contributed by atoms with Crippen LogP contribution in [0.3, 0.4) is 0 Å². The molecule has 2 nitrogen and oxygen atoms in total. The van der Waals surface area contributed by atoms with Crippen molar-refractivity contribution in [1.29, 1.82) is 0 Å². The summed E-state index contributed by atoms with van der Waals surface area (Å²) >= 11 is 4.22. The monoisotopic (exact) mass is 214 g/mol. The molecular weight excluding hydrogens is 192 g/mol. The van der Waals surface area contributed by atoms with Crippen LogP contribution in [0.25, 0.3) is 0 Å². The second-order valence-electron chi connectivity index (χ2n) is 4.38. The van der Waals surface area contributed by atoms with Crippen molar-refractivity contribution in [1.82, 2.24) is 9.80 Å². The van der Waals surface area contributed by atoms with Gasteiger partial charge in [-0.15, -0.1) is 0 Å². The first kappa shape index (κ1) is 12.1. The quantitative estimate of drug-likeness (QED) is 0.547. The highest BCUT2D eigenvalue weighted by Crippen LogP contribution is 2.15. The molecule has 82 valence electrons. The van der Waals surface area contributed by atoms with Gasteiger partial charge in [0.2, 0.25) is 0 Å². The molecular formula is C11H22N2S. The first-order valence-corrected chi connectivity index (χ1v) is 5.93. The van der Waals surface area contributed by atoms with Gasteiger partial charge in [-0.3, -0.25) is 0 Å². The van der Waals surface area contributed by atoms with E-state index in [-0.39, 0.29) is 0 Å². The Kier molecular flexibility index (Phi) is 4.99. The lowest BCUT2D eigenvalue weighted by molar-refractivity contribution is 0.230. The summed E-state index contributed by atoms with van der Waals surface area (Å²) in [6, 6.07) is 0.743. The Labute approximate surface area is 93.4 Å². The fourth-order valence-electron chi connectivity index (χ4n) is 2.07. The van der Waals surface area contributed by atoms with Crippen LogP contribution in [0, 0.1) is 0 Å². The predicted octanol–water partition coefficient (Wildman–Crippen LogP) is 1.50. The number of thiol groups is 1. The highest BCUT2D eigenvalue weighted by atomic mass is 32.1. The standard InChI is InChI=1S/C11H22N2S/c1-10(9-14)7-12(2)8-11-5-4-6-13(11)3/h11,14H,1,4-9H2,2-3H3. The summed E-state index contributed by atoms with van der Waals surface area (Å²) in [5.41, 5.74) is 1.21. The van der Waals surface area contributed by atoms with Crippen LogP contribution in [0.5, 0.6) is 0 Å². The van der Waals surface area contributed by atoms with Crippen LogP contribution in [-0.4, -0.2) is 55.3 Å². The van der Waals surface area contributed by atoms with E-state index in [1.165, 1.54) is 25.0 Å². The summed E-state index contributed by atoms with van der Waals surface area (Å²) < 4.78 is 0. The fourth-order valence-corrected chi connectivity index (χ4v) is 2.17. The van der Waals surface area contributed by atoms with Crippen LogP contribution >= 0.6 is 12.6 Å². The molecule has 0 N–H and O–H groups in total. The van der Waals surface area contributed by atoms with E-state index in [0.29, 0.717) is 0 Å². The Morgan fingerprint density at radius 1 is 1.64 bits per heavy atom. The largest absolute Gasteiger partial charge is 0.302 e. The van der Waals surface area contributed by atoms with Gasteiger partial charge in [0.25, 0.3) is 0 Å². The Morgan fingerprint density at radius 3 is 2.86 bits per heavy atom. The van der Waals surface area contributed by atoms with Crippen LogP contribution in [0.2, 0.25) is 0 Å². The average Bonchev–Trinajstić information content (AvgIpc) is 2.51. The molecule has 0 saturated carbocycles. The minimum atomic E-state index is 0.743. The molecule has 0 aliphatic carbocycles. The topological polar surface area (TPSA) is 6.48 Å². The van der Waals surface area contributed by atoms with E-state index in [0.717, 1.165) is 24.9 Å². The zero-order chi connectivity index (χ0) is 10.6. The smallest absolute Gasteiger partial charge is 0.0220 e. The van der Waals surface area contributed by atoms with E-state index in [9.17, 15) is 0 Å². The molecule has 0 amide bonds. The van der Waals surface area contributed by atoms with Crippen LogP contribution in [0.1, 0.15) is 12.8 Å². The highest BCUT2D eigenvalue weighted by molar-refractivity contribution is 7.80. The van der Waals surface area contributed by atoms with Gasteiger partial charge in [-0.05, 0) is 33.5 Å². The van der Waals surface area contributed by atoms with E-state index in [2.05, 4.69) is 43.1 Å². The molecule has 3 heteroatoms. The lowest BCUT2D eigenvalue weighted by atomic mass is 10.2. The first-order chi connectivity index (χ1) is 6.63. The maximum absolute atomic E-state index is 4.22.